The van der Waals surface area contributed by atoms with Gasteiger partial charge in [-0.3, -0.25) is 24.1 Å². The minimum atomic E-state index is -2.02. The van der Waals surface area contributed by atoms with Crippen LogP contribution in [-0.2, 0) is 89.0 Å². The average molecular weight is 1310 g/mol. The quantitative estimate of drug-likeness (QED) is 0.0196. The highest BCUT2D eigenvalue weighted by molar-refractivity contribution is 14.1. The Hall–Kier alpha value is -8.73. The number of rotatable bonds is 23. The average Bonchev–Trinajstić information content (AvgIpc) is 1.67. The first-order chi connectivity index (χ1) is 41.2. The third-order valence-corrected chi connectivity index (χ3v) is 18.1. The summed E-state index contributed by atoms with van der Waals surface area (Å²) in [5.74, 6) is -8.48. The summed E-state index contributed by atoms with van der Waals surface area (Å²) in [5.41, 5.74) is 2.80. The Morgan fingerprint density at radius 1 is 0.862 bits per heavy atom. The number of carbonyl (C=O) groups excluding carboxylic acids is 9. The number of hydrogen-bond donors (Lipinski definition) is 3. The second-order valence-electron chi connectivity index (χ2n) is 22.3. The molecule has 2 aromatic heterocycles. The molecule has 5 aliphatic rings. The van der Waals surface area contributed by atoms with Crippen molar-refractivity contribution in [2.75, 3.05) is 46.1 Å². The maximum atomic E-state index is 15.0. The number of cyclic esters (lactones) is 1. The number of aryl methyl sites for hydroxylation is 1. The van der Waals surface area contributed by atoms with Gasteiger partial charge in [-0.05, 0) is 84.0 Å². The number of pyridine rings is 2. The molecule has 87 heavy (non-hydrogen) atoms. The normalized spacial score (nSPS) is 18.3. The molecule has 3 N–H and O–H groups in total. The maximum Gasteiger partial charge on any atom is 0.456 e. The van der Waals surface area contributed by atoms with E-state index in [2.05, 4.69) is 68.2 Å². The van der Waals surface area contributed by atoms with E-state index in [1.165, 1.54) is 4.58 Å². The minimum Gasteiger partial charge on any atom is -0.480 e. The highest BCUT2D eigenvalue weighted by Crippen LogP contribution is 2.49. The molecule has 9 rings (SSSR count). The van der Waals surface area contributed by atoms with Crippen molar-refractivity contribution in [2.24, 2.45) is 5.41 Å². The van der Waals surface area contributed by atoms with E-state index >= 15 is 0 Å². The van der Waals surface area contributed by atoms with Crippen molar-refractivity contribution in [1.29, 1.82) is 0 Å². The zero-order chi connectivity index (χ0) is 63.1. The number of aliphatic carboxylic acids is 1. The van der Waals surface area contributed by atoms with E-state index in [9.17, 15) is 57.8 Å². The van der Waals surface area contributed by atoms with Gasteiger partial charge in [0.2, 0.25) is 0 Å². The van der Waals surface area contributed by atoms with Crippen LogP contribution in [-0.4, -0.2) is 210 Å². The number of ether oxygens (including phenoxy) is 2. The Labute approximate surface area is 511 Å². The van der Waals surface area contributed by atoms with Crippen LogP contribution in [0.5, 0.6) is 0 Å². The second-order valence-corrected chi connectivity index (χ2v) is 23.5. The first kappa shape index (κ1) is 62.8. The van der Waals surface area contributed by atoms with Crippen LogP contribution in [0.2, 0.25) is 0 Å². The standard InChI is InChI=1S/C61H64IN10O15/c1-9-61(85)39-23-43-54-37(27-71(43)55(80)38(39)31-87-59(61)84)53-42(17-16-36-34(2)40(62)24-41(64-54)52(36)53)70(8)58(83)60(20-13-21-60)32-86-33-68(6)49(76)29-66(4)56(81)44(22-35-14-11-10-12-15-35)69(7)50(77)30-65(3)48(75)28-67(5)57(82)45(25-63-26-51(78)79)72-46(73)18-19-47(72)74/h10-12,14-15,18-19,23-24,42,44-45,63,85H,3-9,13,16-17,20-22,25-33H2,1-2H3/q+5/p+1/t42-,44+,45+,61+/m1/s1. The number of nitrogens with one attached hydrogen (secondary N) is 1. The molecule has 2 aliphatic carbocycles. The molecule has 0 bridgehead atoms. The molecule has 0 spiro atoms. The van der Waals surface area contributed by atoms with Crippen molar-refractivity contribution in [3.63, 3.8) is 0 Å². The molecular weight excluding hydrogens is 1240 g/mol. The van der Waals surface area contributed by atoms with Gasteiger partial charge in [0.25, 0.3) is 49.8 Å². The molecule has 2 aromatic carbocycles. The van der Waals surface area contributed by atoms with Gasteiger partial charge in [-0.2, -0.15) is 22.9 Å². The lowest BCUT2D eigenvalue weighted by Gasteiger charge is -2.37. The van der Waals surface area contributed by atoms with Crippen LogP contribution in [0, 0.1) is 15.9 Å². The maximum absolute atomic E-state index is 15.0. The van der Waals surface area contributed by atoms with Crippen LogP contribution < -0.4 is 10.9 Å². The highest BCUT2D eigenvalue weighted by atomic mass is 127. The third kappa shape index (κ3) is 11.8. The predicted molar refractivity (Wildman–Crippen MR) is 318 cm³/mol. The topological polar surface area (TPSA) is 298 Å². The number of hydrogen-bond acceptors (Lipinski definition) is 16. The molecule has 3 aliphatic heterocycles. The monoisotopic (exact) mass is 1300 g/mol. The summed E-state index contributed by atoms with van der Waals surface area (Å²) >= 11 is 2.28. The fourth-order valence-corrected chi connectivity index (χ4v) is 12.5. The number of carboxylic acids is 1. The molecule has 4 aromatic rings. The Morgan fingerprint density at radius 2 is 1.51 bits per heavy atom. The molecule has 0 saturated heterocycles. The molecule has 0 unspecified atom stereocenters. The van der Waals surface area contributed by atoms with Crippen molar-refractivity contribution in [1.82, 2.24) is 19.8 Å². The van der Waals surface area contributed by atoms with Crippen molar-refractivity contribution in [2.45, 2.75) is 95.7 Å². The lowest BCUT2D eigenvalue weighted by molar-refractivity contribution is -0.541. The van der Waals surface area contributed by atoms with Crippen LogP contribution in [0.1, 0.15) is 84.0 Å². The van der Waals surface area contributed by atoms with Crippen LogP contribution >= 0.6 is 22.6 Å². The fraction of sp³-hybridized carbons (Fsp3) is 0.377. The number of carbonyl (C=O) groups is 10. The first-order valence-corrected chi connectivity index (χ1v) is 28.9. The number of benzene rings is 2. The molecule has 1 fully saturated rings. The summed E-state index contributed by atoms with van der Waals surface area (Å²) in [4.78, 5) is 153. The van der Waals surface area contributed by atoms with Gasteiger partial charge in [0.05, 0.1) is 42.2 Å². The van der Waals surface area contributed by atoms with E-state index in [1.807, 2.05) is 13.0 Å². The van der Waals surface area contributed by atoms with E-state index in [0.29, 0.717) is 68.6 Å². The van der Waals surface area contributed by atoms with E-state index in [1.54, 1.807) is 47.9 Å². The van der Waals surface area contributed by atoms with E-state index in [-0.39, 0.29) is 49.6 Å². The van der Waals surface area contributed by atoms with Crippen molar-refractivity contribution in [3.05, 3.63) is 107 Å². The van der Waals surface area contributed by atoms with Crippen LogP contribution in [0.25, 0.3) is 22.3 Å². The van der Waals surface area contributed by atoms with Gasteiger partial charge >= 0.3 is 47.4 Å². The smallest absolute Gasteiger partial charge is 0.456 e. The SMILES string of the molecule is C=[N+](COCC1(C(=O)[N+](=C)[C@@H]2CCc3c(C)c(I)cc4nc5c(c2c34)Cn2c-5cc3c(c2=O)COC(=O)[C@]3(O)CC)CCC1)C(=O)C[N+](=C)C(=O)[C@H](Cc1ccccc1)[N+](=C)C(=O)C[N+](=C)C(=O)C[N+](=C)C(=O)[C@H](CNCC(=O)O)N1C(=O)C=CC1=O. The Bertz CT molecular complexity index is 3920. The predicted octanol–water partition coefficient (Wildman–Crippen LogP) is 0.142. The number of fused-ring (bicyclic) bond motifs is 5. The zero-order valence-corrected chi connectivity index (χ0v) is 50.2. The molecule has 4 atom stereocenters. The van der Waals surface area contributed by atoms with Gasteiger partial charge in [-0.1, -0.05) is 43.7 Å². The largest absolute Gasteiger partial charge is 0.480 e. The molecule has 25 nitrogen and oxygen atoms in total. The third-order valence-electron chi connectivity index (χ3n) is 17.0. The summed E-state index contributed by atoms with van der Waals surface area (Å²) in [5, 5.41) is 24.0. The van der Waals surface area contributed by atoms with Gasteiger partial charge in [0, 0.05) is 57.2 Å². The Morgan fingerprint density at radius 3 is 2.14 bits per heavy atom. The Kier molecular flexibility index (Phi) is 18.0. The van der Waals surface area contributed by atoms with E-state index < -0.39 is 127 Å². The van der Waals surface area contributed by atoms with Crippen LogP contribution in [0.4, 0.5) is 0 Å². The number of aliphatic hydroxyl groups is 1. The van der Waals surface area contributed by atoms with E-state index in [0.717, 1.165) is 57.1 Å². The lowest BCUT2D eigenvalue weighted by atomic mass is 9.68. The van der Waals surface area contributed by atoms with Gasteiger partial charge in [-0.15, -0.1) is 4.58 Å². The van der Waals surface area contributed by atoms with Crippen LogP contribution in [0.3, 0.4) is 0 Å². The number of halogens is 1. The van der Waals surface area contributed by atoms with Crippen molar-refractivity contribution in [3.8, 4) is 11.4 Å². The molecular formula is C61H65IN10O15+6. The summed E-state index contributed by atoms with van der Waals surface area (Å²) < 4.78 is 19.4. The van der Waals surface area contributed by atoms with Crippen LogP contribution in [0.15, 0.2) is 59.4 Å². The number of amides is 8. The fourth-order valence-electron chi connectivity index (χ4n) is 11.8. The number of esters is 1. The molecule has 8 amide bonds. The molecule has 26 heteroatoms. The van der Waals surface area contributed by atoms with Gasteiger partial charge in [-0.25, -0.2) is 38.5 Å². The zero-order valence-electron chi connectivity index (χ0n) is 48.1. The summed E-state index contributed by atoms with van der Waals surface area (Å²) in [6.07, 6.45) is 4.45. The summed E-state index contributed by atoms with van der Waals surface area (Å²) in [6, 6.07) is 8.65. The lowest BCUT2D eigenvalue weighted by Crippen LogP contribution is -2.54. The van der Waals surface area contributed by atoms with Gasteiger partial charge in [0.15, 0.2) is 17.7 Å². The van der Waals surface area contributed by atoms with E-state index in [4.69, 9.17) is 19.6 Å². The van der Waals surface area contributed by atoms with Crippen molar-refractivity contribution >= 4 is 133 Å². The molecule has 450 valence electrons. The minimum absolute atomic E-state index is 0.0197. The second kappa shape index (κ2) is 24.9. The van der Waals surface area contributed by atoms with Crippen molar-refractivity contribution < 1.29 is 95.1 Å². The summed E-state index contributed by atoms with van der Waals surface area (Å²) in [7, 11) is 0. The highest BCUT2D eigenvalue weighted by Gasteiger charge is 2.54. The molecule has 0 radical (unpaired) electrons. The van der Waals surface area contributed by atoms with Gasteiger partial charge < -0.3 is 29.6 Å². The molecule has 5 heterocycles. The number of imide groups is 1. The number of aromatic nitrogens is 2. The number of carboxylic acid groups (broad SMARTS) is 1. The molecule has 1 saturated carbocycles. The summed E-state index contributed by atoms with van der Waals surface area (Å²) in [6.45, 7) is 22.7. The first-order valence-electron chi connectivity index (χ1n) is 27.9. The van der Waals surface area contributed by atoms with Gasteiger partial charge in [0.1, 0.15) is 52.3 Å². The Balaban J connectivity index is 0.847. The number of nitrogens with zero attached hydrogens (tertiary/aromatic N) is 9.